The van der Waals surface area contributed by atoms with Crippen molar-refractivity contribution in [1.29, 1.82) is 0 Å². The highest BCUT2D eigenvalue weighted by Gasteiger charge is 1.98. The molecule has 0 amide bonds. The molecule has 1 aromatic rings. The molecule has 0 N–H and O–H groups in total. The summed E-state index contributed by atoms with van der Waals surface area (Å²) < 4.78 is 0. The summed E-state index contributed by atoms with van der Waals surface area (Å²) in [6.45, 7) is 0. The van der Waals surface area contributed by atoms with Crippen molar-refractivity contribution in [2.75, 3.05) is 0 Å². The van der Waals surface area contributed by atoms with Gasteiger partial charge >= 0.3 is 0 Å². The fourth-order valence-electron chi connectivity index (χ4n) is 0.825. The molecule has 0 aliphatic rings. The molecule has 0 heterocycles. The zero-order chi connectivity index (χ0) is 9.68. The summed E-state index contributed by atoms with van der Waals surface area (Å²) in [6, 6.07) is 4.75. The van der Waals surface area contributed by atoms with Crippen LogP contribution in [0.25, 0.3) is 0 Å². The number of hydrogen-bond donors (Lipinski definition) is 0. The molecule has 64 valence electrons. The highest BCUT2D eigenvalue weighted by Crippen LogP contribution is 2.14. The van der Waals surface area contributed by atoms with Crippen LogP contribution in [0.2, 0.25) is 5.02 Å². The Kier molecular flexibility index (Phi) is 3.24. The second-order valence-corrected chi connectivity index (χ2v) is 2.65. The summed E-state index contributed by atoms with van der Waals surface area (Å²) in [5.41, 5.74) is 0.970. The summed E-state index contributed by atoms with van der Waals surface area (Å²) in [4.78, 5) is 20.4. The topological polar surface area (TPSA) is 34.1 Å². The third-order valence-electron chi connectivity index (χ3n) is 1.40. The zero-order valence-electron chi connectivity index (χ0n) is 6.58. The number of benzene rings is 1. The van der Waals surface area contributed by atoms with E-state index in [1.54, 1.807) is 12.1 Å². The number of carbonyl (C=O) groups is 2. The number of aldehydes is 2. The van der Waals surface area contributed by atoms with Crippen molar-refractivity contribution >= 4 is 24.2 Å². The molecule has 0 fully saturated rings. The number of hydrogen-bond acceptors (Lipinski definition) is 2. The molecule has 0 saturated carbocycles. The molecule has 0 atom stereocenters. The van der Waals surface area contributed by atoms with Gasteiger partial charge in [0.15, 0.2) is 12.6 Å². The molecule has 0 aromatic heterocycles. The van der Waals surface area contributed by atoms with E-state index in [1.165, 1.54) is 6.07 Å². The molecular formula is C10H5ClO2. The predicted molar refractivity (Wildman–Crippen MR) is 49.8 cm³/mol. The van der Waals surface area contributed by atoms with E-state index >= 15 is 0 Å². The molecule has 1 aromatic carbocycles. The van der Waals surface area contributed by atoms with Crippen LogP contribution in [0.3, 0.4) is 0 Å². The Morgan fingerprint density at radius 3 is 2.69 bits per heavy atom. The molecule has 1 rings (SSSR count). The third kappa shape index (κ3) is 2.43. The summed E-state index contributed by atoms with van der Waals surface area (Å²) in [7, 11) is 0. The maximum Gasteiger partial charge on any atom is 0.193 e. The molecule has 13 heavy (non-hydrogen) atoms. The predicted octanol–water partition coefficient (Wildman–Crippen LogP) is 1.70. The Morgan fingerprint density at radius 1 is 1.31 bits per heavy atom. The second-order valence-electron chi connectivity index (χ2n) is 2.24. The Morgan fingerprint density at radius 2 is 2.08 bits per heavy atom. The van der Waals surface area contributed by atoms with Crippen LogP contribution < -0.4 is 0 Å². The van der Waals surface area contributed by atoms with Crippen molar-refractivity contribution in [3.8, 4) is 11.8 Å². The third-order valence-corrected chi connectivity index (χ3v) is 1.74. The van der Waals surface area contributed by atoms with Crippen LogP contribution in [0.1, 0.15) is 15.9 Å². The summed E-state index contributed by atoms with van der Waals surface area (Å²) in [5.74, 6) is 4.81. The van der Waals surface area contributed by atoms with E-state index in [4.69, 9.17) is 11.6 Å². The Balaban J connectivity index is 3.13. The average molecular weight is 193 g/mol. The second kappa shape index (κ2) is 4.44. The lowest BCUT2D eigenvalue weighted by Gasteiger charge is -1.95. The van der Waals surface area contributed by atoms with Gasteiger partial charge < -0.3 is 0 Å². The van der Waals surface area contributed by atoms with E-state index in [-0.39, 0.29) is 0 Å². The minimum Gasteiger partial charge on any atom is -0.298 e. The van der Waals surface area contributed by atoms with Crippen molar-refractivity contribution in [3.63, 3.8) is 0 Å². The van der Waals surface area contributed by atoms with Crippen LogP contribution in [0.15, 0.2) is 18.2 Å². The number of rotatable bonds is 1. The van der Waals surface area contributed by atoms with E-state index in [0.29, 0.717) is 28.7 Å². The van der Waals surface area contributed by atoms with Gasteiger partial charge in [-0.15, -0.1) is 0 Å². The highest BCUT2D eigenvalue weighted by atomic mass is 35.5. The van der Waals surface area contributed by atoms with Crippen molar-refractivity contribution in [3.05, 3.63) is 34.3 Å². The maximum absolute atomic E-state index is 10.5. The van der Waals surface area contributed by atoms with Gasteiger partial charge in [0.25, 0.3) is 0 Å². The van der Waals surface area contributed by atoms with Crippen molar-refractivity contribution in [2.45, 2.75) is 0 Å². The Hall–Kier alpha value is -1.59. The van der Waals surface area contributed by atoms with Gasteiger partial charge in [0.1, 0.15) is 0 Å². The first-order chi connectivity index (χ1) is 6.27. The molecule has 0 radical (unpaired) electrons. The van der Waals surface area contributed by atoms with Crippen LogP contribution in [0.5, 0.6) is 0 Å². The summed E-state index contributed by atoms with van der Waals surface area (Å²) in [6.07, 6.45) is 1.14. The molecule has 0 bridgehead atoms. The number of carbonyl (C=O) groups excluding carboxylic acids is 2. The standard InChI is InChI=1S/C10H5ClO2/c11-10-4-3-8(2-1-5-12)6-9(10)7-13/h3-7H. The van der Waals surface area contributed by atoms with Gasteiger partial charge in [0, 0.05) is 11.1 Å². The van der Waals surface area contributed by atoms with Crippen molar-refractivity contribution < 1.29 is 9.59 Å². The van der Waals surface area contributed by atoms with E-state index in [0.717, 1.165) is 0 Å². The molecule has 0 saturated heterocycles. The first-order valence-electron chi connectivity index (χ1n) is 3.48. The molecule has 0 unspecified atom stereocenters. The maximum atomic E-state index is 10.5. The van der Waals surface area contributed by atoms with Crippen molar-refractivity contribution in [2.24, 2.45) is 0 Å². The fraction of sp³-hybridized carbons (Fsp3) is 0. The van der Waals surface area contributed by atoms with Gasteiger partial charge in [0.2, 0.25) is 0 Å². The molecule has 2 nitrogen and oxygen atoms in total. The molecule has 3 heteroatoms. The van der Waals surface area contributed by atoms with E-state index < -0.39 is 0 Å². The van der Waals surface area contributed by atoms with Gasteiger partial charge in [-0.25, -0.2) is 0 Å². The van der Waals surface area contributed by atoms with Crippen LogP contribution in [-0.4, -0.2) is 12.6 Å². The lowest BCUT2D eigenvalue weighted by molar-refractivity contribution is -0.103. The van der Waals surface area contributed by atoms with Gasteiger partial charge in [-0.2, -0.15) is 0 Å². The summed E-state index contributed by atoms with van der Waals surface area (Å²) >= 11 is 5.68. The molecule has 0 aliphatic carbocycles. The van der Waals surface area contributed by atoms with Gasteiger partial charge in [-0.3, -0.25) is 9.59 Å². The highest BCUT2D eigenvalue weighted by molar-refractivity contribution is 6.32. The normalized spacial score (nSPS) is 8.38. The summed E-state index contributed by atoms with van der Waals surface area (Å²) in [5, 5.41) is 0.381. The molecular weight excluding hydrogens is 188 g/mol. The minimum atomic E-state index is 0.374. The fourth-order valence-corrected chi connectivity index (χ4v) is 0.987. The monoisotopic (exact) mass is 192 g/mol. The largest absolute Gasteiger partial charge is 0.298 e. The lowest BCUT2D eigenvalue weighted by Crippen LogP contribution is -1.83. The number of halogens is 1. The molecule has 0 spiro atoms. The van der Waals surface area contributed by atoms with Crippen molar-refractivity contribution in [1.82, 2.24) is 0 Å². The Bertz CT molecular complexity index is 399. The Labute approximate surface area is 80.5 Å². The first kappa shape index (κ1) is 9.50. The zero-order valence-corrected chi connectivity index (χ0v) is 7.34. The first-order valence-corrected chi connectivity index (χ1v) is 3.85. The average Bonchev–Trinajstić information content (AvgIpc) is 2.16. The van der Waals surface area contributed by atoms with E-state index in [2.05, 4.69) is 11.8 Å². The smallest absolute Gasteiger partial charge is 0.193 e. The van der Waals surface area contributed by atoms with Crippen LogP contribution >= 0.6 is 11.6 Å². The van der Waals surface area contributed by atoms with E-state index in [9.17, 15) is 9.59 Å². The SMILES string of the molecule is O=CC#Cc1ccc(Cl)c(C=O)c1. The van der Waals surface area contributed by atoms with Crippen LogP contribution in [0, 0.1) is 11.8 Å². The van der Waals surface area contributed by atoms with Crippen LogP contribution in [0.4, 0.5) is 0 Å². The quantitative estimate of drug-likeness (QED) is 0.501. The van der Waals surface area contributed by atoms with Gasteiger partial charge in [-0.1, -0.05) is 17.5 Å². The minimum absolute atomic E-state index is 0.374. The van der Waals surface area contributed by atoms with Gasteiger partial charge in [-0.05, 0) is 24.1 Å². The van der Waals surface area contributed by atoms with Crippen LogP contribution in [-0.2, 0) is 4.79 Å². The molecule has 0 aliphatic heterocycles. The van der Waals surface area contributed by atoms with Gasteiger partial charge in [0.05, 0.1) is 5.02 Å². The lowest BCUT2D eigenvalue weighted by atomic mass is 10.1. The van der Waals surface area contributed by atoms with E-state index in [1.807, 2.05) is 0 Å².